The van der Waals surface area contributed by atoms with Crippen LogP contribution in [0.2, 0.25) is 0 Å². The number of hydrogen-bond donors (Lipinski definition) is 1. The van der Waals surface area contributed by atoms with Gasteiger partial charge in [-0.15, -0.1) is 24.0 Å². The highest BCUT2D eigenvalue weighted by Gasteiger charge is 2.27. The Bertz CT molecular complexity index is 505. The van der Waals surface area contributed by atoms with E-state index in [0.29, 0.717) is 12.5 Å². The Labute approximate surface area is 200 Å². The summed E-state index contributed by atoms with van der Waals surface area (Å²) in [4.78, 5) is 23.2. The van der Waals surface area contributed by atoms with Crippen LogP contribution >= 0.6 is 24.0 Å². The number of carbonyl (C=O) groups excluding carboxylic acids is 1. The van der Waals surface area contributed by atoms with E-state index in [1.54, 1.807) is 7.11 Å². The fourth-order valence-corrected chi connectivity index (χ4v) is 3.35. The Hall–Kier alpha value is -0.810. The van der Waals surface area contributed by atoms with Gasteiger partial charge in [-0.2, -0.15) is 0 Å². The highest BCUT2D eigenvalue weighted by atomic mass is 127. The number of halogens is 1. The predicted octanol–water partition coefficient (Wildman–Crippen LogP) is 2.73. The fraction of sp³-hybridized carbons (Fsp3) is 0.905. The van der Waals surface area contributed by atoms with Crippen molar-refractivity contribution < 1.29 is 14.3 Å². The average Bonchev–Trinajstić information content (AvgIpc) is 2.67. The van der Waals surface area contributed by atoms with Gasteiger partial charge in [0.05, 0.1) is 6.61 Å². The van der Waals surface area contributed by atoms with Crippen molar-refractivity contribution in [3.63, 3.8) is 0 Å². The summed E-state index contributed by atoms with van der Waals surface area (Å²) >= 11 is 0. The Kier molecular flexibility index (Phi) is 14.7. The lowest BCUT2D eigenvalue weighted by Gasteiger charge is -2.36. The minimum absolute atomic E-state index is 0. The molecule has 0 bridgehead atoms. The Morgan fingerprint density at radius 1 is 1.23 bits per heavy atom. The van der Waals surface area contributed by atoms with E-state index in [1.807, 2.05) is 39.6 Å². The van der Waals surface area contributed by atoms with E-state index in [0.717, 1.165) is 64.7 Å². The minimum atomic E-state index is -0.455. The van der Waals surface area contributed by atoms with E-state index < -0.39 is 5.60 Å². The van der Waals surface area contributed by atoms with Gasteiger partial charge in [0.15, 0.2) is 5.96 Å². The Balaban J connectivity index is 0.00000841. The maximum atomic E-state index is 12.4. The van der Waals surface area contributed by atoms with Crippen molar-refractivity contribution in [3.05, 3.63) is 0 Å². The fourth-order valence-electron chi connectivity index (χ4n) is 3.35. The SMILES string of the molecule is CCN(CC1CCN(C(=NC)NCCN(C)CCOC)CC1)C(=O)OC(C)(C)C.I. The number of likely N-dealkylation sites (tertiary alicyclic amines) is 1. The van der Waals surface area contributed by atoms with Gasteiger partial charge < -0.3 is 29.5 Å². The van der Waals surface area contributed by atoms with Crippen molar-refractivity contribution in [1.82, 2.24) is 20.0 Å². The van der Waals surface area contributed by atoms with Crippen LogP contribution in [-0.2, 0) is 9.47 Å². The molecule has 0 spiro atoms. The number of likely N-dealkylation sites (N-methyl/N-ethyl adjacent to an activating group) is 1. The lowest BCUT2D eigenvalue weighted by atomic mass is 9.96. The van der Waals surface area contributed by atoms with Gasteiger partial charge in [-0.1, -0.05) is 0 Å². The van der Waals surface area contributed by atoms with Crippen LogP contribution in [-0.4, -0.2) is 106 Å². The molecule has 0 unspecified atom stereocenters. The van der Waals surface area contributed by atoms with Crippen LogP contribution in [0.5, 0.6) is 0 Å². The molecular weight excluding hydrogens is 497 g/mol. The first-order valence-corrected chi connectivity index (χ1v) is 10.8. The number of nitrogens with zero attached hydrogens (tertiary/aromatic N) is 4. The van der Waals surface area contributed by atoms with Gasteiger partial charge in [0, 0.05) is 60.0 Å². The molecule has 8 nitrogen and oxygen atoms in total. The number of guanidine groups is 1. The third-order valence-corrected chi connectivity index (χ3v) is 5.09. The van der Waals surface area contributed by atoms with Crippen LogP contribution in [0.25, 0.3) is 0 Å². The standard InChI is InChI=1S/C21H43N5O3.HI/c1-8-25(20(27)29-21(2,3)4)17-18-9-12-26(13-10-18)19(22-5)23-11-14-24(6)15-16-28-7;/h18H,8-17H2,1-7H3,(H,22,23);1H. The van der Waals surface area contributed by atoms with Crippen molar-refractivity contribution in [2.45, 2.75) is 46.1 Å². The molecule has 1 saturated heterocycles. The third-order valence-electron chi connectivity index (χ3n) is 5.09. The molecule has 0 aromatic carbocycles. The summed E-state index contributed by atoms with van der Waals surface area (Å²) < 4.78 is 10.6. The van der Waals surface area contributed by atoms with Crippen LogP contribution in [0.15, 0.2) is 4.99 Å². The monoisotopic (exact) mass is 541 g/mol. The lowest BCUT2D eigenvalue weighted by molar-refractivity contribution is 0.0214. The molecule has 0 saturated carbocycles. The number of carbonyl (C=O) groups is 1. The summed E-state index contributed by atoms with van der Waals surface area (Å²) in [5.41, 5.74) is -0.455. The molecule has 0 aromatic heterocycles. The van der Waals surface area contributed by atoms with Gasteiger partial charge in [-0.25, -0.2) is 4.79 Å². The number of piperidine rings is 1. The number of hydrogen-bond acceptors (Lipinski definition) is 5. The van der Waals surface area contributed by atoms with Crippen LogP contribution < -0.4 is 5.32 Å². The normalized spacial score (nSPS) is 15.7. The van der Waals surface area contributed by atoms with Gasteiger partial charge in [0.25, 0.3) is 0 Å². The Morgan fingerprint density at radius 3 is 2.37 bits per heavy atom. The van der Waals surface area contributed by atoms with Gasteiger partial charge in [-0.05, 0) is 53.5 Å². The molecule has 1 fully saturated rings. The molecule has 1 amide bonds. The number of aliphatic imine (C=N–C) groups is 1. The van der Waals surface area contributed by atoms with Crippen molar-refractivity contribution in [1.29, 1.82) is 0 Å². The molecular formula is C21H44IN5O3. The summed E-state index contributed by atoms with van der Waals surface area (Å²) in [7, 11) is 5.66. The minimum Gasteiger partial charge on any atom is -0.444 e. The van der Waals surface area contributed by atoms with Crippen LogP contribution in [0.3, 0.4) is 0 Å². The van der Waals surface area contributed by atoms with E-state index in [2.05, 4.69) is 27.2 Å². The van der Waals surface area contributed by atoms with Crippen molar-refractivity contribution >= 4 is 36.0 Å². The number of methoxy groups -OCH3 is 1. The maximum Gasteiger partial charge on any atom is 0.410 e. The third kappa shape index (κ3) is 11.5. The van der Waals surface area contributed by atoms with Crippen molar-refractivity contribution in [2.24, 2.45) is 10.9 Å². The highest BCUT2D eigenvalue weighted by Crippen LogP contribution is 2.20. The quantitative estimate of drug-likeness (QED) is 0.275. The predicted molar refractivity (Wildman–Crippen MR) is 134 cm³/mol. The van der Waals surface area contributed by atoms with Crippen molar-refractivity contribution in [2.75, 3.05) is 73.6 Å². The second kappa shape index (κ2) is 15.1. The van der Waals surface area contributed by atoms with E-state index in [4.69, 9.17) is 9.47 Å². The second-order valence-corrected chi connectivity index (χ2v) is 8.72. The highest BCUT2D eigenvalue weighted by molar-refractivity contribution is 14.0. The number of ether oxygens (including phenoxy) is 2. The summed E-state index contributed by atoms with van der Waals surface area (Å²) in [6.45, 7) is 14.5. The zero-order valence-corrected chi connectivity index (χ0v) is 22.4. The first kappa shape index (κ1) is 29.2. The number of nitrogens with one attached hydrogen (secondary N) is 1. The Morgan fingerprint density at radius 2 is 1.87 bits per heavy atom. The van der Waals surface area contributed by atoms with E-state index >= 15 is 0 Å². The first-order valence-electron chi connectivity index (χ1n) is 10.8. The molecule has 0 radical (unpaired) electrons. The molecule has 1 rings (SSSR count). The zero-order valence-electron chi connectivity index (χ0n) is 20.1. The molecule has 1 heterocycles. The molecule has 178 valence electrons. The summed E-state index contributed by atoms with van der Waals surface area (Å²) in [5, 5.41) is 3.47. The molecule has 9 heteroatoms. The van der Waals surface area contributed by atoms with Gasteiger partial charge in [-0.3, -0.25) is 4.99 Å². The topological polar surface area (TPSA) is 69.6 Å². The van der Waals surface area contributed by atoms with E-state index in [9.17, 15) is 4.79 Å². The van der Waals surface area contributed by atoms with Crippen LogP contribution in [0, 0.1) is 5.92 Å². The summed E-state index contributed by atoms with van der Waals surface area (Å²) in [6, 6.07) is 0. The average molecular weight is 542 g/mol. The number of amides is 1. The van der Waals surface area contributed by atoms with E-state index in [-0.39, 0.29) is 30.1 Å². The molecule has 30 heavy (non-hydrogen) atoms. The van der Waals surface area contributed by atoms with E-state index in [1.165, 1.54) is 0 Å². The van der Waals surface area contributed by atoms with Crippen LogP contribution in [0.1, 0.15) is 40.5 Å². The van der Waals surface area contributed by atoms with Gasteiger partial charge in [0.2, 0.25) is 0 Å². The molecule has 1 aliphatic heterocycles. The first-order chi connectivity index (χ1) is 13.7. The van der Waals surface area contributed by atoms with Gasteiger partial charge >= 0.3 is 6.09 Å². The molecule has 0 aliphatic carbocycles. The van der Waals surface area contributed by atoms with Gasteiger partial charge in [0.1, 0.15) is 5.60 Å². The molecule has 0 atom stereocenters. The molecule has 1 N–H and O–H groups in total. The smallest absolute Gasteiger partial charge is 0.410 e. The zero-order chi connectivity index (χ0) is 21.9. The molecule has 1 aliphatic rings. The number of rotatable bonds is 9. The summed E-state index contributed by atoms with van der Waals surface area (Å²) in [6.07, 6.45) is 1.89. The van der Waals surface area contributed by atoms with Crippen LogP contribution in [0.4, 0.5) is 4.79 Å². The maximum absolute atomic E-state index is 12.4. The largest absolute Gasteiger partial charge is 0.444 e. The van der Waals surface area contributed by atoms with Crippen molar-refractivity contribution in [3.8, 4) is 0 Å². The lowest BCUT2D eigenvalue weighted by Crippen LogP contribution is -2.49. The summed E-state index contributed by atoms with van der Waals surface area (Å²) in [5.74, 6) is 1.46. The second-order valence-electron chi connectivity index (χ2n) is 8.72. The molecule has 0 aromatic rings.